The highest BCUT2D eigenvalue weighted by atomic mass is 16.5. The molecule has 0 fully saturated rings. The van der Waals surface area contributed by atoms with Gasteiger partial charge in [-0.25, -0.2) is 4.98 Å². The van der Waals surface area contributed by atoms with Crippen LogP contribution in [0.15, 0.2) is 41.0 Å². The zero-order valence-electron chi connectivity index (χ0n) is 19.0. The minimum Gasteiger partial charge on any atom is -0.491 e. The Bertz CT molecular complexity index is 1200. The summed E-state index contributed by atoms with van der Waals surface area (Å²) in [6.45, 7) is 3.66. The zero-order chi connectivity index (χ0) is 23.0. The van der Waals surface area contributed by atoms with Crippen LogP contribution in [0.25, 0.3) is 16.7 Å². The Morgan fingerprint density at radius 1 is 1.15 bits per heavy atom. The lowest BCUT2D eigenvalue weighted by atomic mass is 10.1. The molecule has 0 amide bonds. The predicted octanol–water partition coefficient (Wildman–Crippen LogP) is 3.99. The van der Waals surface area contributed by atoms with Crippen molar-refractivity contribution in [2.75, 3.05) is 32.2 Å². The van der Waals surface area contributed by atoms with Gasteiger partial charge in [0.05, 0.1) is 30.3 Å². The maximum atomic E-state index is 12.0. The maximum absolute atomic E-state index is 12.0. The molecule has 4 rings (SSSR count). The van der Waals surface area contributed by atoms with E-state index in [0.717, 1.165) is 54.2 Å². The topological polar surface area (TPSA) is 104 Å². The van der Waals surface area contributed by atoms with Crippen LogP contribution in [-0.2, 0) is 16.0 Å². The number of unbranched alkanes of at least 4 members (excludes halogenated alkanes) is 2. The van der Waals surface area contributed by atoms with Crippen molar-refractivity contribution in [3.05, 3.63) is 48.2 Å². The molecule has 3 aromatic heterocycles. The molecule has 0 saturated carbocycles. The van der Waals surface area contributed by atoms with Crippen molar-refractivity contribution < 1.29 is 18.7 Å². The number of benzene rings is 1. The Hall–Kier alpha value is -3.46. The number of carbonyl (C=O) groups excluding carboxylic acids is 1. The standard InChI is InChI=1S/C24H29N5O4/c1-17-27-28-24-23(25-11-5-3-4-7-18(30)15-19-8-6-12-32-19)26-21-16-20(33-14-13-31-2)9-10-22(21)29(17)24/h6,8-10,12,16H,3-5,7,11,13-15H2,1-2H3,(H,25,26). The van der Waals surface area contributed by atoms with Gasteiger partial charge in [-0.3, -0.25) is 9.20 Å². The predicted molar refractivity (Wildman–Crippen MR) is 125 cm³/mol. The highest BCUT2D eigenvalue weighted by Gasteiger charge is 2.14. The Labute approximate surface area is 192 Å². The van der Waals surface area contributed by atoms with Gasteiger partial charge in [-0.15, -0.1) is 10.2 Å². The first-order valence-corrected chi connectivity index (χ1v) is 11.2. The number of anilines is 1. The molecule has 4 aromatic rings. The first kappa shape index (κ1) is 22.7. The molecule has 0 spiro atoms. The number of ether oxygens (including phenoxy) is 2. The van der Waals surface area contributed by atoms with Crippen LogP contribution in [0, 0.1) is 6.92 Å². The molecule has 33 heavy (non-hydrogen) atoms. The fourth-order valence-corrected chi connectivity index (χ4v) is 3.73. The van der Waals surface area contributed by atoms with Gasteiger partial charge in [0, 0.05) is 26.1 Å². The first-order valence-electron chi connectivity index (χ1n) is 11.2. The fraction of sp³-hybridized carbons (Fsp3) is 0.417. The van der Waals surface area contributed by atoms with Crippen molar-refractivity contribution in [2.24, 2.45) is 0 Å². The highest BCUT2D eigenvalue weighted by molar-refractivity contribution is 5.84. The van der Waals surface area contributed by atoms with Crippen molar-refractivity contribution in [1.82, 2.24) is 19.6 Å². The van der Waals surface area contributed by atoms with Crippen molar-refractivity contribution in [3.63, 3.8) is 0 Å². The number of carbonyl (C=O) groups is 1. The number of nitrogens with zero attached hydrogens (tertiary/aromatic N) is 4. The van der Waals surface area contributed by atoms with Crippen molar-refractivity contribution >= 4 is 28.3 Å². The fourth-order valence-electron chi connectivity index (χ4n) is 3.73. The molecule has 9 nitrogen and oxygen atoms in total. The Morgan fingerprint density at radius 3 is 2.88 bits per heavy atom. The molecule has 0 unspecified atom stereocenters. The van der Waals surface area contributed by atoms with E-state index in [-0.39, 0.29) is 5.78 Å². The summed E-state index contributed by atoms with van der Waals surface area (Å²) in [5.41, 5.74) is 2.42. The van der Waals surface area contributed by atoms with Gasteiger partial charge < -0.3 is 19.2 Å². The summed E-state index contributed by atoms with van der Waals surface area (Å²) in [6.07, 6.45) is 5.26. The third-order valence-corrected chi connectivity index (χ3v) is 5.39. The van der Waals surface area contributed by atoms with Gasteiger partial charge in [0.1, 0.15) is 29.7 Å². The van der Waals surface area contributed by atoms with E-state index in [1.54, 1.807) is 19.4 Å². The lowest BCUT2D eigenvalue weighted by Gasteiger charge is -2.11. The van der Waals surface area contributed by atoms with E-state index in [1.807, 2.05) is 35.6 Å². The molecule has 0 aliphatic heterocycles. The third kappa shape index (κ3) is 5.67. The molecular weight excluding hydrogens is 422 g/mol. The number of hydrogen-bond donors (Lipinski definition) is 1. The minimum atomic E-state index is 0.207. The van der Waals surface area contributed by atoms with Gasteiger partial charge in [-0.1, -0.05) is 6.42 Å². The van der Waals surface area contributed by atoms with Crippen LogP contribution in [0.4, 0.5) is 5.82 Å². The molecule has 0 aliphatic rings. The second-order valence-electron chi connectivity index (χ2n) is 7.89. The van der Waals surface area contributed by atoms with Crippen LogP contribution in [0.1, 0.15) is 37.3 Å². The summed E-state index contributed by atoms with van der Waals surface area (Å²) in [4.78, 5) is 16.8. The molecule has 0 saturated heterocycles. The van der Waals surface area contributed by atoms with Crippen molar-refractivity contribution in [3.8, 4) is 5.75 Å². The van der Waals surface area contributed by atoms with Gasteiger partial charge in [0.15, 0.2) is 5.82 Å². The molecule has 1 N–H and O–H groups in total. The summed E-state index contributed by atoms with van der Waals surface area (Å²) in [5, 5.41) is 11.9. The second kappa shape index (κ2) is 10.9. The summed E-state index contributed by atoms with van der Waals surface area (Å²) in [7, 11) is 1.65. The van der Waals surface area contributed by atoms with Gasteiger partial charge in [-0.2, -0.15) is 0 Å². The molecule has 3 heterocycles. The number of methoxy groups -OCH3 is 1. The molecule has 1 aromatic carbocycles. The smallest absolute Gasteiger partial charge is 0.204 e. The average Bonchev–Trinajstić information content (AvgIpc) is 3.46. The van der Waals surface area contributed by atoms with E-state index in [1.165, 1.54) is 0 Å². The monoisotopic (exact) mass is 451 g/mol. The van der Waals surface area contributed by atoms with E-state index in [2.05, 4.69) is 15.5 Å². The molecule has 0 atom stereocenters. The van der Waals surface area contributed by atoms with Crippen molar-refractivity contribution in [2.45, 2.75) is 39.0 Å². The maximum Gasteiger partial charge on any atom is 0.204 e. The van der Waals surface area contributed by atoms with Crippen LogP contribution < -0.4 is 10.1 Å². The molecule has 0 aliphatic carbocycles. The van der Waals surface area contributed by atoms with Crippen LogP contribution >= 0.6 is 0 Å². The van der Waals surface area contributed by atoms with E-state index in [9.17, 15) is 4.79 Å². The van der Waals surface area contributed by atoms with Crippen molar-refractivity contribution in [1.29, 1.82) is 0 Å². The lowest BCUT2D eigenvalue weighted by Crippen LogP contribution is -2.08. The summed E-state index contributed by atoms with van der Waals surface area (Å²) >= 11 is 0. The molecule has 9 heteroatoms. The normalized spacial score (nSPS) is 11.3. The molecular formula is C24H29N5O4. The van der Waals surface area contributed by atoms with Gasteiger partial charge in [-0.05, 0) is 44.0 Å². The van der Waals surface area contributed by atoms with Crippen LogP contribution in [0.3, 0.4) is 0 Å². The largest absolute Gasteiger partial charge is 0.491 e. The summed E-state index contributed by atoms with van der Waals surface area (Å²) in [6, 6.07) is 9.44. The van der Waals surface area contributed by atoms with Crippen LogP contribution in [0.2, 0.25) is 0 Å². The summed E-state index contributed by atoms with van der Waals surface area (Å²) in [5.74, 6) is 3.15. The molecule has 0 bridgehead atoms. The number of rotatable bonds is 13. The number of ketones is 1. The Morgan fingerprint density at radius 2 is 2.06 bits per heavy atom. The second-order valence-corrected chi connectivity index (χ2v) is 7.89. The number of Topliss-reactive ketones (excluding diaryl/α,β-unsaturated/α-hetero) is 1. The zero-order valence-corrected chi connectivity index (χ0v) is 19.0. The number of fused-ring (bicyclic) bond motifs is 3. The van der Waals surface area contributed by atoms with Crippen LogP contribution in [-0.4, -0.2) is 52.2 Å². The van der Waals surface area contributed by atoms with Crippen LogP contribution in [0.5, 0.6) is 5.75 Å². The molecule has 0 radical (unpaired) electrons. The first-order chi connectivity index (χ1) is 16.2. The Balaban J connectivity index is 1.35. The highest BCUT2D eigenvalue weighted by Crippen LogP contribution is 2.25. The van der Waals surface area contributed by atoms with E-state index in [4.69, 9.17) is 18.9 Å². The number of furan rings is 1. The minimum absolute atomic E-state index is 0.207. The third-order valence-electron chi connectivity index (χ3n) is 5.39. The van der Waals surface area contributed by atoms with Gasteiger partial charge in [0.25, 0.3) is 0 Å². The molecule has 174 valence electrons. The lowest BCUT2D eigenvalue weighted by molar-refractivity contribution is -0.118. The van der Waals surface area contributed by atoms with E-state index >= 15 is 0 Å². The van der Waals surface area contributed by atoms with Gasteiger partial charge >= 0.3 is 0 Å². The number of hydrogen-bond acceptors (Lipinski definition) is 8. The van der Waals surface area contributed by atoms with Gasteiger partial charge in [0.2, 0.25) is 5.65 Å². The van der Waals surface area contributed by atoms with E-state index < -0.39 is 0 Å². The summed E-state index contributed by atoms with van der Waals surface area (Å²) < 4.78 is 18.0. The number of aromatic nitrogens is 4. The number of nitrogens with one attached hydrogen (secondary N) is 1. The average molecular weight is 452 g/mol. The Kier molecular flexibility index (Phi) is 7.51. The quantitative estimate of drug-likeness (QED) is 0.304. The number of aryl methyl sites for hydroxylation is 1. The SMILES string of the molecule is COCCOc1ccc2c(c1)nc(NCCCCCC(=O)Cc1ccco1)c1nnc(C)n12. The van der Waals surface area contributed by atoms with E-state index in [0.29, 0.717) is 37.5 Å².